The van der Waals surface area contributed by atoms with Crippen LogP contribution in [-0.4, -0.2) is 13.2 Å². The Morgan fingerprint density at radius 3 is 2.22 bits per heavy atom. The Morgan fingerprint density at radius 2 is 1.72 bits per heavy atom. The smallest absolute Gasteiger partial charge is 0.184 e. The van der Waals surface area contributed by atoms with Gasteiger partial charge in [0, 0.05) is 11.5 Å². The lowest BCUT2D eigenvalue weighted by atomic mass is 10.1. The molecule has 96 valence electrons. The average Bonchev–Trinajstić information content (AvgIpc) is 2.34. The van der Waals surface area contributed by atoms with E-state index in [0.717, 1.165) is 0 Å². The van der Waals surface area contributed by atoms with Crippen LogP contribution in [0.2, 0.25) is 0 Å². The Hall–Kier alpha value is -1.44. The highest BCUT2D eigenvalue weighted by atomic mass is 19.1. The molecule has 0 spiro atoms. The van der Waals surface area contributed by atoms with Crippen LogP contribution in [0.25, 0.3) is 0 Å². The second kappa shape index (κ2) is 5.47. The molecule has 0 bridgehead atoms. The van der Waals surface area contributed by atoms with Crippen LogP contribution in [0.15, 0.2) is 12.1 Å². The maximum Gasteiger partial charge on any atom is 0.184 e. The minimum absolute atomic E-state index is 0.217. The Bertz CT molecular complexity index is 471. The normalized spacial score (nSPS) is 23.3. The van der Waals surface area contributed by atoms with Crippen LogP contribution in [-0.2, 0) is 9.47 Å². The van der Waals surface area contributed by atoms with Gasteiger partial charge in [-0.05, 0) is 19.1 Å². The summed E-state index contributed by atoms with van der Waals surface area (Å²) in [6.07, 6.45) is -0.700. The summed E-state index contributed by atoms with van der Waals surface area (Å²) in [4.78, 5) is 0. The highest BCUT2D eigenvalue weighted by molar-refractivity contribution is 5.39. The summed E-state index contributed by atoms with van der Waals surface area (Å²) in [6.45, 7) is 4.55. The number of hydrogen-bond acceptors (Lipinski definition) is 2. The van der Waals surface area contributed by atoms with E-state index >= 15 is 0 Å². The van der Waals surface area contributed by atoms with Crippen LogP contribution in [0.1, 0.15) is 31.3 Å². The fraction of sp³-hybridized carbons (Fsp3) is 0.429. The molecule has 18 heavy (non-hydrogen) atoms. The van der Waals surface area contributed by atoms with Crippen LogP contribution in [0.4, 0.5) is 8.78 Å². The van der Waals surface area contributed by atoms with Crippen molar-refractivity contribution in [1.29, 1.82) is 0 Å². The Morgan fingerprint density at radius 1 is 1.17 bits per heavy atom. The quantitative estimate of drug-likeness (QED) is 0.715. The molecule has 0 N–H and O–H groups in total. The standard InChI is InChI=1S/C14H14F2O2/c1-3-4-11-12(15)5-10(6-13(11)16)14-17-7-9(2)8-18-14/h5-6,9,14H,7-8H2,1-2H3. The second-order valence-corrected chi connectivity index (χ2v) is 4.34. The molecule has 0 saturated carbocycles. The van der Waals surface area contributed by atoms with Gasteiger partial charge in [0.2, 0.25) is 0 Å². The molecule has 1 saturated heterocycles. The molecule has 0 atom stereocenters. The van der Waals surface area contributed by atoms with E-state index in [1.54, 1.807) is 0 Å². The van der Waals surface area contributed by atoms with Gasteiger partial charge >= 0.3 is 0 Å². The molecule has 1 fully saturated rings. The molecular weight excluding hydrogens is 238 g/mol. The van der Waals surface area contributed by atoms with Crippen LogP contribution >= 0.6 is 0 Å². The van der Waals surface area contributed by atoms with Crippen molar-refractivity contribution in [3.8, 4) is 11.8 Å². The lowest BCUT2D eigenvalue weighted by Crippen LogP contribution is -2.25. The van der Waals surface area contributed by atoms with Crippen molar-refractivity contribution in [2.24, 2.45) is 5.92 Å². The number of rotatable bonds is 1. The molecule has 2 rings (SSSR count). The third-order valence-electron chi connectivity index (χ3n) is 2.65. The maximum absolute atomic E-state index is 13.7. The molecule has 0 aromatic heterocycles. The minimum atomic E-state index is -0.700. The molecule has 1 aliphatic rings. The van der Waals surface area contributed by atoms with Crippen molar-refractivity contribution in [3.63, 3.8) is 0 Å². The summed E-state index contributed by atoms with van der Waals surface area (Å²) in [5, 5.41) is 0. The monoisotopic (exact) mass is 252 g/mol. The molecule has 4 heteroatoms. The molecule has 0 unspecified atom stereocenters. The first-order valence-electron chi connectivity index (χ1n) is 5.76. The number of benzene rings is 1. The van der Waals surface area contributed by atoms with Crippen molar-refractivity contribution in [3.05, 3.63) is 34.9 Å². The molecule has 0 amide bonds. The molecule has 1 heterocycles. The van der Waals surface area contributed by atoms with E-state index in [1.165, 1.54) is 19.1 Å². The first-order chi connectivity index (χ1) is 8.61. The lowest BCUT2D eigenvalue weighted by Gasteiger charge is -2.27. The van der Waals surface area contributed by atoms with E-state index in [-0.39, 0.29) is 5.56 Å². The van der Waals surface area contributed by atoms with Crippen LogP contribution < -0.4 is 0 Å². The van der Waals surface area contributed by atoms with Crippen LogP contribution in [0.3, 0.4) is 0 Å². The third-order valence-corrected chi connectivity index (χ3v) is 2.65. The zero-order chi connectivity index (χ0) is 13.1. The van der Waals surface area contributed by atoms with Gasteiger partial charge in [-0.1, -0.05) is 12.8 Å². The van der Waals surface area contributed by atoms with Gasteiger partial charge < -0.3 is 9.47 Å². The lowest BCUT2D eigenvalue weighted by molar-refractivity contribution is -0.202. The van der Waals surface area contributed by atoms with Gasteiger partial charge in [-0.25, -0.2) is 8.78 Å². The van der Waals surface area contributed by atoms with Crippen LogP contribution in [0, 0.1) is 29.4 Å². The van der Waals surface area contributed by atoms with E-state index in [4.69, 9.17) is 9.47 Å². The fourth-order valence-corrected chi connectivity index (χ4v) is 1.77. The molecule has 0 radical (unpaired) electrons. The van der Waals surface area contributed by atoms with Crippen molar-refractivity contribution in [1.82, 2.24) is 0 Å². The summed E-state index contributed by atoms with van der Waals surface area (Å²) < 4.78 is 38.1. The number of ether oxygens (including phenoxy) is 2. The van der Waals surface area contributed by atoms with Gasteiger partial charge in [-0.2, -0.15) is 0 Å². The third kappa shape index (κ3) is 2.69. The second-order valence-electron chi connectivity index (χ2n) is 4.34. The van der Waals surface area contributed by atoms with Gasteiger partial charge in [0.1, 0.15) is 11.6 Å². The number of halogens is 2. The summed E-state index contributed by atoms with van der Waals surface area (Å²) >= 11 is 0. The van der Waals surface area contributed by atoms with E-state index in [1.807, 2.05) is 6.92 Å². The van der Waals surface area contributed by atoms with E-state index in [2.05, 4.69) is 11.8 Å². The van der Waals surface area contributed by atoms with Gasteiger partial charge in [-0.3, -0.25) is 0 Å². The predicted molar refractivity (Wildman–Crippen MR) is 62.7 cm³/mol. The SMILES string of the molecule is CC#Cc1c(F)cc(C2OCC(C)CO2)cc1F. The first-order valence-corrected chi connectivity index (χ1v) is 5.76. The first kappa shape index (κ1) is 13.0. The highest BCUT2D eigenvalue weighted by Crippen LogP contribution is 2.27. The van der Waals surface area contributed by atoms with E-state index in [9.17, 15) is 8.78 Å². The van der Waals surface area contributed by atoms with Crippen LogP contribution in [0.5, 0.6) is 0 Å². The zero-order valence-electron chi connectivity index (χ0n) is 10.3. The summed E-state index contributed by atoms with van der Waals surface area (Å²) in [5.41, 5.74) is 0.129. The summed E-state index contributed by atoms with van der Waals surface area (Å²) in [7, 11) is 0. The molecule has 0 aliphatic carbocycles. The topological polar surface area (TPSA) is 18.5 Å². The summed E-state index contributed by atoms with van der Waals surface area (Å²) in [6, 6.07) is 2.42. The molecule has 2 nitrogen and oxygen atoms in total. The molecule has 1 aromatic rings. The van der Waals surface area contributed by atoms with Gasteiger partial charge in [0.25, 0.3) is 0 Å². The largest absolute Gasteiger partial charge is 0.348 e. The maximum atomic E-state index is 13.7. The molecule has 1 aromatic carbocycles. The van der Waals surface area contributed by atoms with Crippen molar-refractivity contribution in [2.75, 3.05) is 13.2 Å². The highest BCUT2D eigenvalue weighted by Gasteiger charge is 2.23. The summed E-state index contributed by atoms with van der Waals surface area (Å²) in [5.74, 6) is 3.79. The van der Waals surface area contributed by atoms with Gasteiger partial charge in [0.15, 0.2) is 6.29 Å². The Balaban J connectivity index is 2.27. The van der Waals surface area contributed by atoms with Crippen molar-refractivity contribution >= 4 is 0 Å². The van der Waals surface area contributed by atoms with Crippen molar-refractivity contribution in [2.45, 2.75) is 20.1 Å². The molecular formula is C14H14F2O2. The minimum Gasteiger partial charge on any atom is -0.348 e. The van der Waals surface area contributed by atoms with E-state index in [0.29, 0.717) is 24.7 Å². The van der Waals surface area contributed by atoms with Crippen molar-refractivity contribution < 1.29 is 18.3 Å². The van der Waals surface area contributed by atoms with Gasteiger partial charge in [-0.15, -0.1) is 5.92 Å². The van der Waals surface area contributed by atoms with E-state index < -0.39 is 17.9 Å². The zero-order valence-corrected chi connectivity index (χ0v) is 10.3. The predicted octanol–water partition coefficient (Wildman–Crippen LogP) is 3.02. The fourth-order valence-electron chi connectivity index (χ4n) is 1.77. The Labute approximate surface area is 105 Å². The van der Waals surface area contributed by atoms with Gasteiger partial charge in [0.05, 0.1) is 18.8 Å². The average molecular weight is 252 g/mol. The molecule has 1 aliphatic heterocycles. The number of hydrogen-bond donors (Lipinski definition) is 0. The Kier molecular flexibility index (Phi) is 3.95.